The van der Waals surface area contributed by atoms with E-state index in [1.807, 2.05) is 0 Å². The van der Waals surface area contributed by atoms with Crippen LogP contribution in [0, 0.1) is 10.1 Å². The molecule has 0 radical (unpaired) electrons. The minimum absolute atomic E-state index is 0.0404. The monoisotopic (exact) mass is 426 g/mol. The van der Waals surface area contributed by atoms with Gasteiger partial charge in [0.25, 0.3) is 16.8 Å². The van der Waals surface area contributed by atoms with Gasteiger partial charge < -0.3 is 0 Å². The second-order valence-electron chi connectivity index (χ2n) is 6.13. The average molecular weight is 427 g/mol. The van der Waals surface area contributed by atoms with Crippen molar-refractivity contribution in [3.63, 3.8) is 0 Å². The van der Waals surface area contributed by atoms with Crippen molar-refractivity contribution in [1.29, 1.82) is 0 Å². The summed E-state index contributed by atoms with van der Waals surface area (Å²) in [4.78, 5) is 39.4. The molecule has 4 aromatic rings. The van der Waals surface area contributed by atoms with Crippen LogP contribution < -0.4 is 15.7 Å². The summed E-state index contributed by atoms with van der Waals surface area (Å²) in [7, 11) is 0. The molecule has 2 heterocycles. The van der Waals surface area contributed by atoms with Gasteiger partial charge in [-0.3, -0.25) is 19.7 Å². The van der Waals surface area contributed by atoms with Crippen molar-refractivity contribution in [3.8, 4) is 0 Å². The van der Waals surface area contributed by atoms with Crippen LogP contribution in [-0.4, -0.2) is 19.5 Å². The summed E-state index contributed by atoms with van der Waals surface area (Å²) in [5.41, 5.74) is 0.643. The summed E-state index contributed by atoms with van der Waals surface area (Å²) >= 11 is 6.90. The van der Waals surface area contributed by atoms with E-state index in [9.17, 15) is 19.7 Å². The zero-order valence-corrected chi connectivity index (χ0v) is 16.2. The first kappa shape index (κ1) is 18.9. The van der Waals surface area contributed by atoms with Crippen LogP contribution in [0.25, 0.3) is 11.0 Å². The van der Waals surface area contributed by atoms with Gasteiger partial charge in [0.2, 0.25) is 4.96 Å². The van der Waals surface area contributed by atoms with E-state index in [2.05, 4.69) is 10.1 Å². The maximum absolute atomic E-state index is 12.7. The van der Waals surface area contributed by atoms with Crippen molar-refractivity contribution < 1.29 is 4.92 Å². The molecule has 0 amide bonds. The molecule has 0 atom stereocenters. The Balaban J connectivity index is 1.75. The molecule has 2 aromatic heterocycles. The molecule has 0 fully saturated rings. The van der Waals surface area contributed by atoms with Crippen LogP contribution >= 0.6 is 22.9 Å². The Morgan fingerprint density at radius 2 is 1.79 bits per heavy atom. The molecular formula is C19H11ClN4O4S. The van der Waals surface area contributed by atoms with E-state index in [4.69, 9.17) is 11.6 Å². The van der Waals surface area contributed by atoms with Gasteiger partial charge in [0.15, 0.2) is 0 Å². The van der Waals surface area contributed by atoms with Crippen LogP contribution in [0.1, 0.15) is 16.8 Å². The first-order chi connectivity index (χ1) is 13.9. The molecule has 8 nitrogen and oxygen atoms in total. The highest BCUT2D eigenvalue weighted by Gasteiger charge is 2.12. The third-order valence-corrected chi connectivity index (χ3v) is 5.35. The molecule has 0 unspecified atom stereocenters. The fourth-order valence-electron chi connectivity index (χ4n) is 2.69. The Labute approximate surface area is 171 Å². The Kier molecular flexibility index (Phi) is 4.91. The molecule has 0 bridgehead atoms. The molecule has 0 aliphatic rings. The number of non-ortho nitro benzene ring substituents is 1. The van der Waals surface area contributed by atoms with Gasteiger partial charge in [-0.1, -0.05) is 35.1 Å². The molecule has 0 saturated carbocycles. The topological polar surface area (TPSA) is 107 Å². The Morgan fingerprint density at radius 3 is 2.45 bits per heavy atom. The summed E-state index contributed by atoms with van der Waals surface area (Å²) < 4.78 is 1.43. The van der Waals surface area contributed by atoms with E-state index in [-0.39, 0.29) is 22.8 Å². The lowest BCUT2D eigenvalue weighted by atomic mass is 10.1. The van der Waals surface area contributed by atoms with Crippen molar-refractivity contribution in [3.05, 3.63) is 106 Å². The van der Waals surface area contributed by atoms with Crippen LogP contribution in [0.15, 0.2) is 58.1 Å². The molecule has 0 aliphatic heterocycles. The fraction of sp³-hybridized carbons (Fsp3) is 0.0526. The van der Waals surface area contributed by atoms with E-state index < -0.39 is 16.0 Å². The summed E-state index contributed by atoms with van der Waals surface area (Å²) in [6.45, 7) is 0. The maximum atomic E-state index is 12.7. The number of benzene rings is 2. The van der Waals surface area contributed by atoms with Crippen molar-refractivity contribution >= 4 is 39.7 Å². The lowest BCUT2D eigenvalue weighted by Gasteiger charge is -2.00. The van der Waals surface area contributed by atoms with Gasteiger partial charge in [0.05, 0.1) is 9.46 Å². The SMILES string of the molecule is O=c1nc2s/c(=C\c3ccc([N+](=O)[O-])cc3)c(=O)n2nc1Cc1ccc(Cl)cc1. The van der Waals surface area contributed by atoms with Crippen molar-refractivity contribution in [2.24, 2.45) is 0 Å². The molecule has 4 rings (SSSR count). The highest BCUT2D eigenvalue weighted by atomic mass is 35.5. The van der Waals surface area contributed by atoms with E-state index in [0.29, 0.717) is 15.1 Å². The summed E-state index contributed by atoms with van der Waals surface area (Å²) in [5, 5.41) is 15.5. The first-order valence-corrected chi connectivity index (χ1v) is 9.53. The third kappa shape index (κ3) is 3.91. The summed E-state index contributed by atoms with van der Waals surface area (Å²) in [6, 6.07) is 12.8. The molecule has 0 aliphatic carbocycles. The van der Waals surface area contributed by atoms with Crippen LogP contribution in [0.4, 0.5) is 5.69 Å². The Hall–Kier alpha value is -3.43. The quantitative estimate of drug-likeness (QED) is 0.365. The lowest BCUT2D eigenvalue weighted by Crippen LogP contribution is -2.28. The number of hydrogen-bond acceptors (Lipinski definition) is 7. The van der Waals surface area contributed by atoms with Crippen molar-refractivity contribution in [2.45, 2.75) is 6.42 Å². The molecule has 10 heteroatoms. The van der Waals surface area contributed by atoms with E-state index in [1.165, 1.54) is 12.1 Å². The predicted molar refractivity (Wildman–Crippen MR) is 110 cm³/mol. The van der Waals surface area contributed by atoms with Gasteiger partial charge in [-0.25, -0.2) is 0 Å². The highest BCUT2D eigenvalue weighted by Crippen LogP contribution is 2.13. The van der Waals surface area contributed by atoms with Gasteiger partial charge in [-0.05, 0) is 41.5 Å². The zero-order valence-electron chi connectivity index (χ0n) is 14.6. The molecule has 144 valence electrons. The molecule has 0 N–H and O–H groups in total. The Morgan fingerprint density at radius 1 is 1.10 bits per heavy atom. The first-order valence-electron chi connectivity index (χ1n) is 8.34. The van der Waals surface area contributed by atoms with Gasteiger partial charge in [-0.15, -0.1) is 0 Å². The van der Waals surface area contributed by atoms with Crippen molar-refractivity contribution in [1.82, 2.24) is 14.6 Å². The second kappa shape index (κ2) is 7.53. The third-order valence-electron chi connectivity index (χ3n) is 4.14. The molecule has 0 saturated heterocycles. The highest BCUT2D eigenvalue weighted by molar-refractivity contribution is 7.15. The number of fused-ring (bicyclic) bond motifs is 1. The van der Waals surface area contributed by atoms with Gasteiger partial charge >= 0.3 is 0 Å². The normalized spacial score (nSPS) is 11.8. The minimum atomic E-state index is -0.497. The smallest absolute Gasteiger partial charge is 0.266 e. The van der Waals surface area contributed by atoms with Crippen molar-refractivity contribution in [2.75, 3.05) is 0 Å². The maximum Gasteiger partial charge on any atom is 0.296 e. The number of nitrogens with zero attached hydrogens (tertiary/aromatic N) is 4. The fourth-order valence-corrected chi connectivity index (χ4v) is 3.72. The second-order valence-corrected chi connectivity index (χ2v) is 7.57. The van der Waals surface area contributed by atoms with Gasteiger partial charge in [0.1, 0.15) is 5.69 Å². The predicted octanol–water partition coefficient (Wildman–Crippen LogP) is 2.21. The molecule has 2 aromatic carbocycles. The van der Waals surface area contributed by atoms with Crippen LogP contribution in [0.2, 0.25) is 5.02 Å². The number of thiazole rings is 1. The molecular weight excluding hydrogens is 416 g/mol. The molecule has 29 heavy (non-hydrogen) atoms. The van der Waals surface area contributed by atoms with Gasteiger partial charge in [0, 0.05) is 23.6 Å². The summed E-state index contributed by atoms with van der Waals surface area (Å²) in [6.07, 6.45) is 1.80. The summed E-state index contributed by atoms with van der Waals surface area (Å²) in [5.74, 6) is 0. The number of nitro benzene ring substituents is 1. The Bertz CT molecular complexity index is 1400. The number of nitro groups is 1. The number of aromatic nitrogens is 3. The van der Waals surface area contributed by atoms with E-state index in [0.717, 1.165) is 21.4 Å². The van der Waals surface area contributed by atoms with E-state index in [1.54, 1.807) is 42.5 Å². The number of halogens is 1. The van der Waals surface area contributed by atoms with Crippen LogP contribution in [0.3, 0.4) is 0 Å². The zero-order chi connectivity index (χ0) is 20.5. The average Bonchev–Trinajstić information content (AvgIpc) is 2.99. The largest absolute Gasteiger partial charge is 0.296 e. The number of rotatable bonds is 4. The standard InChI is InChI=1S/C19H11ClN4O4S/c20-13-5-1-11(2-6-13)9-15-17(25)21-19-23(22-15)18(26)16(29-19)10-12-3-7-14(8-4-12)24(27)28/h1-8,10H,9H2/b16-10-. The minimum Gasteiger partial charge on any atom is -0.266 e. The van der Waals surface area contributed by atoms with E-state index >= 15 is 0 Å². The lowest BCUT2D eigenvalue weighted by molar-refractivity contribution is -0.384. The van der Waals surface area contributed by atoms with Crippen LogP contribution in [-0.2, 0) is 6.42 Å². The number of hydrogen-bond donors (Lipinski definition) is 0. The van der Waals surface area contributed by atoms with Gasteiger partial charge in [-0.2, -0.15) is 14.6 Å². The molecule has 0 spiro atoms. The van der Waals surface area contributed by atoms with Crippen LogP contribution in [0.5, 0.6) is 0 Å².